The van der Waals surface area contributed by atoms with Crippen molar-refractivity contribution in [3.8, 4) is 0 Å². The van der Waals surface area contributed by atoms with E-state index in [1.54, 1.807) is 11.3 Å². The Morgan fingerprint density at radius 1 is 1.29 bits per heavy atom. The third-order valence-corrected chi connectivity index (χ3v) is 2.45. The predicted octanol–water partition coefficient (Wildman–Crippen LogP) is 4.84. The molecule has 0 saturated carbocycles. The Labute approximate surface area is 91.2 Å². The fourth-order valence-electron chi connectivity index (χ4n) is 1.03. The van der Waals surface area contributed by atoms with Crippen LogP contribution in [0.25, 0.3) is 6.08 Å². The number of hydrogen-bond acceptors (Lipinski definition) is 2. The lowest BCUT2D eigenvalue weighted by Crippen LogP contribution is -1.62. The van der Waals surface area contributed by atoms with Gasteiger partial charge in [-0.1, -0.05) is 19.9 Å². The van der Waals surface area contributed by atoms with Gasteiger partial charge < -0.3 is 0 Å². The number of hydrogen-bond donors (Lipinski definition) is 0. The molecule has 0 radical (unpaired) electrons. The molecule has 0 unspecified atom stereocenters. The molecule has 1 rings (SSSR count). The molecule has 78 valence electrons. The van der Waals surface area contributed by atoms with Gasteiger partial charge in [0.05, 0.1) is 10.6 Å². The highest BCUT2D eigenvalue weighted by atomic mass is 32.1. The first-order valence-corrected chi connectivity index (χ1v) is 5.81. The summed E-state index contributed by atoms with van der Waals surface area (Å²) in [4.78, 5) is 6.83. The molecule has 0 bridgehead atoms. The van der Waals surface area contributed by atoms with E-state index in [1.165, 1.54) is 9.75 Å². The van der Waals surface area contributed by atoms with Gasteiger partial charge in [-0.15, -0.1) is 11.3 Å². The minimum absolute atomic E-state index is 1.08. The van der Waals surface area contributed by atoms with E-state index in [0.717, 1.165) is 5.69 Å². The highest BCUT2D eigenvalue weighted by Crippen LogP contribution is 2.29. The van der Waals surface area contributed by atoms with Gasteiger partial charge in [0, 0.05) is 11.1 Å². The maximum Gasteiger partial charge on any atom is 0.0808 e. The van der Waals surface area contributed by atoms with Gasteiger partial charge in [0.2, 0.25) is 0 Å². The Hall–Kier alpha value is -0.890. The average molecular weight is 209 g/mol. The van der Waals surface area contributed by atoms with Crippen molar-refractivity contribution in [1.82, 2.24) is 0 Å². The number of aliphatic imine (C=N–C) groups is 1. The van der Waals surface area contributed by atoms with Gasteiger partial charge in [0.15, 0.2) is 0 Å². The van der Waals surface area contributed by atoms with E-state index in [4.69, 9.17) is 0 Å². The molecule has 0 aliphatic carbocycles. The highest BCUT2D eigenvalue weighted by Gasteiger charge is 2.00. The van der Waals surface area contributed by atoms with Crippen LogP contribution in [0.1, 0.15) is 37.4 Å². The van der Waals surface area contributed by atoms with Crippen molar-refractivity contribution in [3.63, 3.8) is 0 Å². The summed E-state index contributed by atoms with van der Waals surface area (Å²) in [6.45, 7) is 10.1. The third kappa shape index (κ3) is 3.88. The number of nitrogens with zero attached hydrogens (tertiary/aromatic N) is 1. The molecule has 0 aliphatic heterocycles. The molecule has 2 heteroatoms. The second-order valence-corrected chi connectivity index (χ2v) is 3.78. The maximum absolute atomic E-state index is 4.28. The molecule has 1 nitrogen and oxygen atoms in total. The van der Waals surface area contributed by atoms with E-state index in [-0.39, 0.29) is 0 Å². The summed E-state index contributed by atoms with van der Waals surface area (Å²) >= 11 is 1.78. The van der Waals surface area contributed by atoms with Crippen LogP contribution in [0.15, 0.2) is 17.1 Å². The zero-order chi connectivity index (χ0) is 11.0. The molecule has 0 atom stereocenters. The van der Waals surface area contributed by atoms with Crippen LogP contribution in [0, 0.1) is 6.92 Å². The van der Waals surface area contributed by atoms with Crippen LogP contribution in [0.5, 0.6) is 0 Å². The molecular formula is C12H19NS. The van der Waals surface area contributed by atoms with Gasteiger partial charge in [-0.3, -0.25) is 4.99 Å². The van der Waals surface area contributed by atoms with E-state index in [1.807, 2.05) is 40.0 Å². The normalized spacial score (nSPS) is 10.6. The lowest BCUT2D eigenvalue weighted by atomic mass is 10.3. The first-order chi connectivity index (χ1) is 6.77. The van der Waals surface area contributed by atoms with Crippen LogP contribution >= 0.6 is 11.3 Å². The van der Waals surface area contributed by atoms with E-state index in [2.05, 4.69) is 24.1 Å². The SMILES string of the molecule is CC.CC=Nc1cc(C)sc1/C=C\C. The molecule has 1 heterocycles. The number of thiophene rings is 1. The Kier molecular flexibility index (Phi) is 7.03. The van der Waals surface area contributed by atoms with Crippen LogP contribution in [-0.2, 0) is 0 Å². The van der Waals surface area contributed by atoms with Gasteiger partial charge in [0.25, 0.3) is 0 Å². The van der Waals surface area contributed by atoms with Crippen LogP contribution in [0.4, 0.5) is 5.69 Å². The van der Waals surface area contributed by atoms with Crippen molar-refractivity contribution in [3.05, 3.63) is 21.9 Å². The standard InChI is InChI=1S/C10H13NS.C2H6/c1-4-6-10-9(11-5-2)7-8(3)12-10;1-2/h4-7H,1-3H3;1-2H3/b6-4-,11-5?;. The summed E-state index contributed by atoms with van der Waals surface area (Å²) in [6, 6.07) is 2.11. The summed E-state index contributed by atoms with van der Waals surface area (Å²) in [7, 11) is 0. The lowest BCUT2D eigenvalue weighted by Gasteiger charge is -1.87. The fraction of sp³-hybridized carbons (Fsp3) is 0.417. The lowest BCUT2D eigenvalue weighted by molar-refractivity contribution is 1.50. The summed E-state index contributed by atoms with van der Waals surface area (Å²) < 4.78 is 0. The second-order valence-electron chi connectivity index (χ2n) is 2.49. The number of allylic oxidation sites excluding steroid dienone is 1. The molecule has 1 aromatic rings. The zero-order valence-electron chi connectivity index (χ0n) is 9.66. The van der Waals surface area contributed by atoms with Gasteiger partial charge in [-0.25, -0.2) is 0 Å². The molecule has 0 aromatic carbocycles. The molecule has 0 aliphatic rings. The van der Waals surface area contributed by atoms with Crippen molar-refractivity contribution in [1.29, 1.82) is 0 Å². The predicted molar refractivity (Wildman–Crippen MR) is 68.9 cm³/mol. The average Bonchev–Trinajstić information content (AvgIpc) is 2.51. The fourth-order valence-corrected chi connectivity index (χ4v) is 1.97. The van der Waals surface area contributed by atoms with Crippen LogP contribution in [-0.4, -0.2) is 6.21 Å². The Balaban J connectivity index is 0.000000791. The first kappa shape index (κ1) is 13.1. The summed E-state index contributed by atoms with van der Waals surface area (Å²) in [6.07, 6.45) is 5.97. The van der Waals surface area contributed by atoms with Crippen LogP contribution in [0.3, 0.4) is 0 Å². The number of rotatable bonds is 2. The van der Waals surface area contributed by atoms with Crippen molar-refractivity contribution in [2.45, 2.75) is 34.6 Å². The molecule has 0 spiro atoms. The number of aryl methyl sites for hydroxylation is 1. The molecule has 0 amide bonds. The molecule has 0 saturated heterocycles. The summed E-state index contributed by atoms with van der Waals surface area (Å²) in [5, 5.41) is 0. The van der Waals surface area contributed by atoms with Crippen LogP contribution < -0.4 is 0 Å². The van der Waals surface area contributed by atoms with Gasteiger partial charge >= 0.3 is 0 Å². The Bertz CT molecular complexity index is 279. The van der Waals surface area contributed by atoms with Gasteiger partial charge in [-0.2, -0.15) is 0 Å². The van der Waals surface area contributed by atoms with E-state index in [9.17, 15) is 0 Å². The van der Waals surface area contributed by atoms with Crippen molar-refractivity contribution >= 4 is 29.3 Å². The van der Waals surface area contributed by atoms with Gasteiger partial charge in [0.1, 0.15) is 0 Å². The molecule has 14 heavy (non-hydrogen) atoms. The van der Waals surface area contributed by atoms with Crippen molar-refractivity contribution in [2.75, 3.05) is 0 Å². The summed E-state index contributed by atoms with van der Waals surface area (Å²) in [5.41, 5.74) is 1.08. The molecule has 0 N–H and O–H groups in total. The van der Waals surface area contributed by atoms with Crippen LogP contribution in [0.2, 0.25) is 0 Å². The largest absolute Gasteiger partial charge is 0.260 e. The topological polar surface area (TPSA) is 12.4 Å². The molecular weight excluding hydrogens is 190 g/mol. The maximum atomic E-state index is 4.28. The quantitative estimate of drug-likeness (QED) is 0.618. The van der Waals surface area contributed by atoms with E-state index >= 15 is 0 Å². The van der Waals surface area contributed by atoms with Crippen molar-refractivity contribution in [2.24, 2.45) is 4.99 Å². The minimum Gasteiger partial charge on any atom is -0.260 e. The molecule has 0 fully saturated rings. The van der Waals surface area contributed by atoms with Crippen molar-refractivity contribution < 1.29 is 0 Å². The second kappa shape index (κ2) is 7.51. The molecule has 1 aromatic heterocycles. The zero-order valence-corrected chi connectivity index (χ0v) is 10.5. The first-order valence-electron chi connectivity index (χ1n) is 4.99. The minimum atomic E-state index is 1.08. The Morgan fingerprint density at radius 3 is 2.43 bits per heavy atom. The van der Waals surface area contributed by atoms with Gasteiger partial charge in [-0.05, 0) is 32.9 Å². The summed E-state index contributed by atoms with van der Waals surface area (Å²) in [5.74, 6) is 0. The monoisotopic (exact) mass is 209 g/mol. The smallest absolute Gasteiger partial charge is 0.0808 e. The van der Waals surface area contributed by atoms with E-state index < -0.39 is 0 Å². The highest BCUT2D eigenvalue weighted by molar-refractivity contribution is 7.13. The Morgan fingerprint density at radius 2 is 1.93 bits per heavy atom. The third-order valence-electron chi connectivity index (χ3n) is 1.45. The van der Waals surface area contributed by atoms with E-state index in [0.29, 0.717) is 0 Å².